The largest absolute Gasteiger partial charge is 0.481 e. The van der Waals surface area contributed by atoms with E-state index in [-0.39, 0.29) is 10.0 Å². The van der Waals surface area contributed by atoms with Crippen molar-refractivity contribution in [2.45, 2.75) is 12.3 Å². The third-order valence-corrected chi connectivity index (χ3v) is 3.31. The Morgan fingerprint density at radius 1 is 1.26 bits per heavy atom. The Hall–Kier alpha value is -1.77. The Bertz CT molecular complexity index is 553. The quantitative estimate of drug-likeness (QED) is 0.871. The number of nitrogens with zero attached hydrogens (tertiary/aromatic N) is 1. The number of halogens is 2. The molecular formula is C12H9Cl2NO4. The van der Waals surface area contributed by atoms with E-state index in [0.717, 1.165) is 0 Å². The maximum absolute atomic E-state index is 11.0. The van der Waals surface area contributed by atoms with Crippen molar-refractivity contribution >= 4 is 35.1 Å². The lowest BCUT2D eigenvalue weighted by Crippen LogP contribution is -2.23. The van der Waals surface area contributed by atoms with Gasteiger partial charge in [-0.05, 0) is 17.7 Å². The first-order valence-corrected chi connectivity index (χ1v) is 5.91. The molecule has 0 aromatic heterocycles. The molecular weight excluding hydrogens is 293 g/mol. The fraction of sp³-hybridized carbons (Fsp3) is 0.250. The number of carbonyl (C=O) groups is 2. The summed E-state index contributed by atoms with van der Waals surface area (Å²) < 4.78 is 0. The van der Waals surface area contributed by atoms with Crippen LogP contribution in [0.3, 0.4) is 0 Å². The Labute approximate surface area is 119 Å². The van der Waals surface area contributed by atoms with Gasteiger partial charge in [-0.15, -0.1) is 0 Å². The lowest BCUT2D eigenvalue weighted by Gasteiger charge is -2.18. The normalized spacial score (nSPS) is 13.3. The van der Waals surface area contributed by atoms with E-state index in [4.69, 9.17) is 38.7 Å². The van der Waals surface area contributed by atoms with Crippen LogP contribution in [0.15, 0.2) is 18.2 Å². The van der Waals surface area contributed by atoms with Gasteiger partial charge in [-0.2, -0.15) is 5.26 Å². The highest BCUT2D eigenvalue weighted by Crippen LogP contribution is 2.32. The molecule has 7 heteroatoms. The zero-order valence-electron chi connectivity index (χ0n) is 9.51. The Kier molecular flexibility index (Phi) is 5.16. The van der Waals surface area contributed by atoms with Crippen molar-refractivity contribution in [2.75, 3.05) is 0 Å². The van der Waals surface area contributed by atoms with Crippen LogP contribution in [0.25, 0.3) is 0 Å². The topological polar surface area (TPSA) is 98.4 Å². The summed E-state index contributed by atoms with van der Waals surface area (Å²) in [6.07, 6.45) is -0.484. The second-order valence-corrected chi connectivity index (χ2v) is 4.64. The smallest absolute Gasteiger partial charge is 0.321 e. The van der Waals surface area contributed by atoms with Crippen molar-refractivity contribution in [1.82, 2.24) is 0 Å². The maximum atomic E-state index is 11.0. The van der Waals surface area contributed by atoms with Gasteiger partial charge in [-0.1, -0.05) is 29.3 Å². The van der Waals surface area contributed by atoms with E-state index in [0.29, 0.717) is 5.56 Å². The van der Waals surface area contributed by atoms with Crippen molar-refractivity contribution in [3.63, 3.8) is 0 Å². The van der Waals surface area contributed by atoms with Crippen LogP contribution in [0.4, 0.5) is 0 Å². The maximum Gasteiger partial charge on any atom is 0.321 e. The van der Waals surface area contributed by atoms with Crippen LogP contribution in [0.2, 0.25) is 10.0 Å². The van der Waals surface area contributed by atoms with E-state index in [1.165, 1.54) is 18.2 Å². The van der Waals surface area contributed by atoms with Gasteiger partial charge in [0.2, 0.25) is 0 Å². The van der Waals surface area contributed by atoms with Crippen LogP contribution in [-0.4, -0.2) is 22.2 Å². The molecule has 0 aliphatic carbocycles. The molecule has 2 unspecified atom stereocenters. The van der Waals surface area contributed by atoms with Gasteiger partial charge in [0.1, 0.15) is 0 Å². The molecule has 1 aromatic carbocycles. The number of carboxylic acids is 2. The molecule has 0 bridgehead atoms. The molecule has 19 heavy (non-hydrogen) atoms. The minimum atomic E-state index is -1.46. The van der Waals surface area contributed by atoms with Crippen molar-refractivity contribution in [3.8, 4) is 6.07 Å². The highest BCUT2D eigenvalue weighted by Gasteiger charge is 2.31. The predicted octanol–water partition coefficient (Wildman–Crippen LogP) is 2.78. The molecule has 2 atom stereocenters. The molecule has 0 fully saturated rings. The highest BCUT2D eigenvalue weighted by atomic mass is 35.5. The summed E-state index contributed by atoms with van der Waals surface area (Å²) in [5.74, 6) is -5.03. The van der Waals surface area contributed by atoms with Crippen molar-refractivity contribution in [2.24, 2.45) is 5.92 Å². The van der Waals surface area contributed by atoms with Gasteiger partial charge in [0.05, 0.1) is 22.5 Å². The summed E-state index contributed by atoms with van der Waals surface area (Å²) in [4.78, 5) is 21.8. The second kappa shape index (κ2) is 6.41. The third kappa shape index (κ3) is 3.85. The first kappa shape index (κ1) is 15.3. The Balaban J connectivity index is 3.23. The Morgan fingerprint density at radius 2 is 1.89 bits per heavy atom. The van der Waals surface area contributed by atoms with Crippen LogP contribution >= 0.6 is 23.2 Å². The van der Waals surface area contributed by atoms with Gasteiger partial charge in [-0.3, -0.25) is 9.59 Å². The van der Waals surface area contributed by atoms with Gasteiger partial charge in [-0.25, -0.2) is 0 Å². The zero-order chi connectivity index (χ0) is 14.6. The molecule has 0 spiro atoms. The summed E-state index contributed by atoms with van der Waals surface area (Å²) >= 11 is 11.5. The molecule has 2 N–H and O–H groups in total. The first-order valence-electron chi connectivity index (χ1n) is 5.16. The zero-order valence-corrected chi connectivity index (χ0v) is 11.0. The van der Waals surface area contributed by atoms with E-state index in [9.17, 15) is 9.59 Å². The molecule has 1 aromatic rings. The molecule has 0 heterocycles. The SMILES string of the molecule is N#CC(C(=O)O)C(CC(=O)O)c1ccc(Cl)c(Cl)c1. The number of hydrogen-bond donors (Lipinski definition) is 2. The number of carboxylic acid groups (broad SMARTS) is 2. The number of hydrogen-bond acceptors (Lipinski definition) is 3. The van der Waals surface area contributed by atoms with E-state index in [1.54, 1.807) is 6.07 Å². The average molecular weight is 302 g/mol. The molecule has 0 radical (unpaired) electrons. The fourth-order valence-electron chi connectivity index (χ4n) is 1.68. The molecule has 0 aliphatic heterocycles. The van der Waals surface area contributed by atoms with Gasteiger partial charge >= 0.3 is 11.9 Å². The lowest BCUT2D eigenvalue weighted by atomic mass is 9.84. The summed E-state index contributed by atoms with van der Waals surface area (Å²) in [7, 11) is 0. The highest BCUT2D eigenvalue weighted by molar-refractivity contribution is 6.42. The van der Waals surface area contributed by atoms with Crippen LogP contribution in [-0.2, 0) is 9.59 Å². The summed E-state index contributed by atoms with van der Waals surface area (Å²) in [6.45, 7) is 0. The van der Waals surface area contributed by atoms with Gasteiger partial charge < -0.3 is 10.2 Å². The molecule has 0 saturated carbocycles. The monoisotopic (exact) mass is 301 g/mol. The van der Waals surface area contributed by atoms with E-state index in [1.807, 2.05) is 0 Å². The summed E-state index contributed by atoms with van der Waals surface area (Å²) in [5, 5.41) is 27.1. The first-order chi connectivity index (χ1) is 8.86. The van der Waals surface area contributed by atoms with Crippen molar-refractivity contribution in [3.05, 3.63) is 33.8 Å². The van der Waals surface area contributed by atoms with Gasteiger partial charge in [0.25, 0.3) is 0 Å². The van der Waals surface area contributed by atoms with Gasteiger partial charge in [0, 0.05) is 5.92 Å². The van der Waals surface area contributed by atoms with Crippen LogP contribution in [0, 0.1) is 17.2 Å². The van der Waals surface area contributed by atoms with E-state index >= 15 is 0 Å². The number of nitriles is 1. The molecule has 1 rings (SSSR count). The van der Waals surface area contributed by atoms with Crippen LogP contribution in [0.5, 0.6) is 0 Å². The van der Waals surface area contributed by atoms with Crippen molar-refractivity contribution in [1.29, 1.82) is 5.26 Å². The standard InChI is InChI=1S/C12H9Cl2NO4/c13-9-2-1-6(3-10(9)14)7(4-11(16)17)8(5-15)12(18)19/h1-3,7-8H,4H2,(H,16,17)(H,18,19). The van der Waals surface area contributed by atoms with Crippen LogP contribution in [0.1, 0.15) is 17.9 Å². The van der Waals surface area contributed by atoms with Gasteiger partial charge in [0.15, 0.2) is 5.92 Å². The minimum Gasteiger partial charge on any atom is -0.481 e. The van der Waals surface area contributed by atoms with Crippen LogP contribution < -0.4 is 0 Å². The molecule has 0 amide bonds. The Morgan fingerprint density at radius 3 is 2.32 bits per heavy atom. The number of rotatable bonds is 5. The fourth-order valence-corrected chi connectivity index (χ4v) is 1.98. The van der Waals surface area contributed by atoms with E-state index in [2.05, 4.69) is 0 Å². The average Bonchev–Trinajstić information content (AvgIpc) is 2.31. The molecule has 100 valence electrons. The minimum absolute atomic E-state index is 0.177. The second-order valence-electron chi connectivity index (χ2n) is 3.82. The van der Waals surface area contributed by atoms with Crippen molar-refractivity contribution < 1.29 is 19.8 Å². The predicted molar refractivity (Wildman–Crippen MR) is 68.2 cm³/mol. The molecule has 5 nitrogen and oxygen atoms in total. The third-order valence-electron chi connectivity index (χ3n) is 2.57. The van der Waals surface area contributed by atoms with E-state index < -0.39 is 30.2 Å². The number of aliphatic carboxylic acids is 2. The summed E-state index contributed by atoms with van der Waals surface area (Å²) in [6, 6.07) is 5.88. The molecule has 0 aliphatic rings. The molecule has 0 saturated heterocycles. The lowest BCUT2D eigenvalue weighted by molar-refractivity contribution is -0.141. The summed E-state index contributed by atoms with van der Waals surface area (Å²) in [5.41, 5.74) is 0.353. The number of benzene rings is 1.